The van der Waals surface area contributed by atoms with Crippen molar-refractivity contribution in [3.05, 3.63) is 34.4 Å². The van der Waals surface area contributed by atoms with Gasteiger partial charge in [0.05, 0.1) is 12.2 Å². The summed E-state index contributed by atoms with van der Waals surface area (Å²) in [5.41, 5.74) is 0.881. The Morgan fingerprint density at radius 1 is 1.00 bits per heavy atom. The van der Waals surface area contributed by atoms with Crippen LogP contribution in [0.15, 0.2) is 12.1 Å². The molecule has 0 saturated carbocycles. The Morgan fingerprint density at radius 2 is 1.44 bits per heavy atom. The molecule has 0 aromatic heterocycles. The molecule has 0 aliphatic heterocycles. The van der Waals surface area contributed by atoms with E-state index in [4.69, 9.17) is 5.11 Å². The summed E-state index contributed by atoms with van der Waals surface area (Å²) in [6.45, 7) is 10.9. The Balaban J connectivity index is 0. The van der Waals surface area contributed by atoms with E-state index >= 15 is 0 Å². The topological polar surface area (TPSA) is 20.2 Å². The van der Waals surface area contributed by atoms with Gasteiger partial charge in [-0.2, -0.15) is 13.2 Å². The maximum absolute atomic E-state index is 12.3. The molecule has 4 heteroatoms. The SMILES string of the molecule is CC.CC.Cc1cc(C(F)(F)F)cc(CO)c1C. The fourth-order valence-corrected chi connectivity index (χ4v) is 1.26. The van der Waals surface area contributed by atoms with Gasteiger partial charge in [-0.1, -0.05) is 27.7 Å². The summed E-state index contributed by atoms with van der Waals surface area (Å²) in [5, 5.41) is 8.87. The smallest absolute Gasteiger partial charge is 0.392 e. The average molecular weight is 264 g/mol. The predicted molar refractivity (Wildman–Crippen MR) is 69.5 cm³/mol. The normalized spacial score (nSPS) is 9.89. The van der Waals surface area contributed by atoms with Gasteiger partial charge in [0.1, 0.15) is 0 Å². The van der Waals surface area contributed by atoms with Crippen LogP contribution >= 0.6 is 0 Å². The lowest BCUT2D eigenvalue weighted by molar-refractivity contribution is -0.137. The van der Waals surface area contributed by atoms with Gasteiger partial charge in [-0.3, -0.25) is 0 Å². The molecule has 18 heavy (non-hydrogen) atoms. The molecular weight excluding hydrogens is 241 g/mol. The van der Waals surface area contributed by atoms with E-state index in [-0.39, 0.29) is 6.61 Å². The fourth-order valence-electron chi connectivity index (χ4n) is 1.26. The Labute approximate surface area is 108 Å². The zero-order chi connectivity index (χ0) is 14.9. The van der Waals surface area contributed by atoms with E-state index in [0.29, 0.717) is 16.7 Å². The van der Waals surface area contributed by atoms with Gasteiger partial charge in [-0.25, -0.2) is 0 Å². The van der Waals surface area contributed by atoms with Crippen LogP contribution in [0.25, 0.3) is 0 Å². The highest BCUT2D eigenvalue weighted by Gasteiger charge is 2.31. The first-order chi connectivity index (χ1) is 8.36. The van der Waals surface area contributed by atoms with Crippen molar-refractivity contribution in [2.75, 3.05) is 0 Å². The average Bonchev–Trinajstić information content (AvgIpc) is 2.36. The standard InChI is InChI=1S/C10H11F3O.2C2H6/c1-6-3-9(10(11,12)13)4-8(5-14)7(6)2;2*1-2/h3-4,14H,5H2,1-2H3;2*1-2H3. The van der Waals surface area contributed by atoms with E-state index in [9.17, 15) is 13.2 Å². The zero-order valence-corrected chi connectivity index (χ0v) is 11.9. The lowest BCUT2D eigenvalue weighted by Crippen LogP contribution is -2.07. The van der Waals surface area contributed by atoms with Crippen LogP contribution in [0.4, 0.5) is 13.2 Å². The van der Waals surface area contributed by atoms with E-state index in [2.05, 4.69) is 0 Å². The second kappa shape index (κ2) is 8.97. The number of alkyl halides is 3. The molecule has 0 radical (unpaired) electrons. The molecule has 0 heterocycles. The Morgan fingerprint density at radius 3 is 1.78 bits per heavy atom. The first-order valence-corrected chi connectivity index (χ1v) is 6.14. The number of rotatable bonds is 1. The van der Waals surface area contributed by atoms with Crippen LogP contribution in [0.1, 0.15) is 49.9 Å². The lowest BCUT2D eigenvalue weighted by atomic mass is 10.00. The third-order valence-corrected chi connectivity index (χ3v) is 2.27. The molecule has 0 aliphatic rings. The third-order valence-electron chi connectivity index (χ3n) is 2.27. The summed E-state index contributed by atoms with van der Waals surface area (Å²) >= 11 is 0. The molecule has 0 saturated heterocycles. The molecule has 1 aromatic rings. The van der Waals surface area contributed by atoms with Crippen LogP contribution in [0.5, 0.6) is 0 Å². The van der Waals surface area contributed by atoms with E-state index in [1.165, 1.54) is 0 Å². The van der Waals surface area contributed by atoms with Gasteiger partial charge < -0.3 is 5.11 Å². The zero-order valence-electron chi connectivity index (χ0n) is 11.9. The summed E-state index contributed by atoms with van der Waals surface area (Å²) in [4.78, 5) is 0. The van der Waals surface area contributed by atoms with Crippen LogP contribution in [-0.4, -0.2) is 5.11 Å². The molecule has 1 N–H and O–H groups in total. The molecular formula is C14H23F3O. The van der Waals surface area contributed by atoms with Gasteiger partial charge in [-0.15, -0.1) is 0 Å². The van der Waals surface area contributed by atoms with Crippen molar-refractivity contribution < 1.29 is 18.3 Å². The molecule has 0 unspecified atom stereocenters. The molecule has 0 atom stereocenters. The minimum absolute atomic E-state index is 0.331. The monoisotopic (exact) mass is 264 g/mol. The predicted octanol–water partition coefficient (Wildman–Crippen LogP) is 4.87. The van der Waals surface area contributed by atoms with Gasteiger partial charge in [-0.05, 0) is 42.7 Å². The maximum atomic E-state index is 12.3. The second-order valence-corrected chi connectivity index (χ2v) is 3.23. The van der Waals surface area contributed by atoms with Crippen LogP contribution < -0.4 is 0 Å². The highest BCUT2D eigenvalue weighted by atomic mass is 19.4. The minimum atomic E-state index is -4.34. The molecule has 1 rings (SSSR count). The Bertz CT molecular complexity index is 344. The van der Waals surface area contributed by atoms with Crippen molar-refractivity contribution >= 4 is 0 Å². The summed E-state index contributed by atoms with van der Waals surface area (Å²) in [6, 6.07) is 2.08. The van der Waals surface area contributed by atoms with E-state index in [0.717, 1.165) is 12.1 Å². The van der Waals surface area contributed by atoms with Crippen molar-refractivity contribution in [1.82, 2.24) is 0 Å². The first-order valence-electron chi connectivity index (χ1n) is 6.14. The van der Waals surface area contributed by atoms with Crippen molar-refractivity contribution in [1.29, 1.82) is 0 Å². The molecule has 0 fully saturated rings. The van der Waals surface area contributed by atoms with Gasteiger partial charge in [0.15, 0.2) is 0 Å². The van der Waals surface area contributed by atoms with E-state index in [1.54, 1.807) is 13.8 Å². The molecule has 0 amide bonds. The summed E-state index contributed by atoms with van der Waals surface area (Å²) in [7, 11) is 0. The Hall–Kier alpha value is -1.03. The number of hydrogen-bond acceptors (Lipinski definition) is 1. The molecule has 1 nitrogen and oxygen atoms in total. The lowest BCUT2D eigenvalue weighted by Gasteiger charge is -2.12. The third kappa shape index (κ3) is 5.54. The van der Waals surface area contributed by atoms with Crippen molar-refractivity contribution in [3.8, 4) is 0 Å². The van der Waals surface area contributed by atoms with Gasteiger partial charge in [0.2, 0.25) is 0 Å². The number of hydrogen-bond donors (Lipinski definition) is 1. The number of halogens is 3. The highest BCUT2D eigenvalue weighted by Crippen LogP contribution is 2.31. The van der Waals surface area contributed by atoms with E-state index in [1.807, 2.05) is 27.7 Å². The number of aryl methyl sites for hydroxylation is 1. The second-order valence-electron chi connectivity index (χ2n) is 3.23. The fraction of sp³-hybridized carbons (Fsp3) is 0.571. The van der Waals surface area contributed by atoms with Crippen molar-refractivity contribution in [3.63, 3.8) is 0 Å². The van der Waals surface area contributed by atoms with Crippen molar-refractivity contribution in [2.24, 2.45) is 0 Å². The minimum Gasteiger partial charge on any atom is -0.392 e. The Kier molecular flexibility index (Phi) is 9.63. The summed E-state index contributed by atoms with van der Waals surface area (Å²) in [6.07, 6.45) is -4.34. The first kappa shape index (κ1) is 19.3. The maximum Gasteiger partial charge on any atom is 0.416 e. The molecule has 1 aromatic carbocycles. The largest absolute Gasteiger partial charge is 0.416 e. The van der Waals surface area contributed by atoms with Gasteiger partial charge >= 0.3 is 6.18 Å². The van der Waals surface area contributed by atoms with Crippen molar-refractivity contribution in [2.45, 2.75) is 54.3 Å². The summed E-state index contributed by atoms with van der Waals surface area (Å²) < 4.78 is 37.0. The van der Waals surface area contributed by atoms with Crippen LogP contribution in [-0.2, 0) is 12.8 Å². The molecule has 0 spiro atoms. The van der Waals surface area contributed by atoms with Crippen LogP contribution in [0.2, 0.25) is 0 Å². The van der Waals surface area contributed by atoms with Gasteiger partial charge in [0, 0.05) is 0 Å². The number of aliphatic hydroxyl groups is 1. The quantitative estimate of drug-likeness (QED) is 0.767. The summed E-state index contributed by atoms with van der Waals surface area (Å²) in [5.74, 6) is 0. The van der Waals surface area contributed by atoms with E-state index < -0.39 is 11.7 Å². The number of aliphatic hydroxyl groups excluding tert-OH is 1. The molecule has 0 aliphatic carbocycles. The van der Waals surface area contributed by atoms with Crippen LogP contribution in [0.3, 0.4) is 0 Å². The molecule has 0 bridgehead atoms. The van der Waals surface area contributed by atoms with Gasteiger partial charge in [0.25, 0.3) is 0 Å². The van der Waals surface area contributed by atoms with Crippen LogP contribution in [0, 0.1) is 13.8 Å². The molecule has 106 valence electrons. The number of benzene rings is 1. The highest BCUT2D eigenvalue weighted by molar-refractivity contribution is 5.38.